The molecule has 7 heteroatoms. The second kappa shape index (κ2) is 4.26. The molecule has 0 aliphatic carbocycles. The van der Waals surface area contributed by atoms with Gasteiger partial charge < -0.3 is 5.73 Å². The summed E-state index contributed by atoms with van der Waals surface area (Å²) in [6.07, 6.45) is 0. The third-order valence-corrected chi connectivity index (χ3v) is 3.16. The van der Waals surface area contributed by atoms with Crippen LogP contribution in [0.15, 0.2) is 22.7 Å². The Kier molecular flexibility index (Phi) is 2.99. The Morgan fingerprint density at radius 3 is 2.87 bits per heavy atom. The monoisotopic (exact) mass is 287 g/mol. The molecule has 0 aliphatic rings. The number of tetrazole rings is 1. The molecule has 1 heterocycles. The second-order valence-electron chi connectivity index (χ2n) is 2.92. The van der Waals surface area contributed by atoms with Gasteiger partial charge in [0.1, 0.15) is 0 Å². The molecule has 1 aromatic carbocycles. The zero-order valence-electron chi connectivity index (χ0n) is 7.48. The van der Waals surface area contributed by atoms with Gasteiger partial charge >= 0.3 is 0 Å². The fourth-order valence-electron chi connectivity index (χ4n) is 1.16. The molecule has 0 radical (unpaired) electrons. The van der Waals surface area contributed by atoms with Gasteiger partial charge in [-0.3, -0.25) is 0 Å². The molecule has 5 nitrogen and oxygen atoms in total. The van der Waals surface area contributed by atoms with Crippen molar-refractivity contribution in [3.8, 4) is 0 Å². The second-order valence-corrected chi connectivity index (χ2v) is 4.18. The van der Waals surface area contributed by atoms with E-state index in [4.69, 9.17) is 17.3 Å². The first-order valence-corrected chi connectivity index (χ1v) is 5.29. The topological polar surface area (TPSA) is 80.5 Å². The predicted molar refractivity (Wildman–Crippen MR) is 59.4 cm³/mol. The molecule has 3 N–H and O–H groups in total. The van der Waals surface area contributed by atoms with E-state index >= 15 is 0 Å². The summed E-state index contributed by atoms with van der Waals surface area (Å²) in [7, 11) is 0. The summed E-state index contributed by atoms with van der Waals surface area (Å²) >= 11 is 9.20. The van der Waals surface area contributed by atoms with E-state index in [-0.39, 0.29) is 0 Å². The minimum Gasteiger partial charge on any atom is -0.318 e. The van der Waals surface area contributed by atoms with Gasteiger partial charge in [-0.05, 0) is 33.6 Å². The highest BCUT2D eigenvalue weighted by Crippen LogP contribution is 2.26. The fraction of sp³-hybridized carbons (Fsp3) is 0.125. The summed E-state index contributed by atoms with van der Waals surface area (Å²) in [5.41, 5.74) is 6.80. The highest BCUT2D eigenvalue weighted by atomic mass is 79.9. The Labute approximate surface area is 99.1 Å². The lowest BCUT2D eigenvalue weighted by Gasteiger charge is -2.08. The van der Waals surface area contributed by atoms with E-state index in [2.05, 4.69) is 36.6 Å². The first-order chi connectivity index (χ1) is 7.18. The van der Waals surface area contributed by atoms with Crippen LogP contribution in [0.5, 0.6) is 0 Å². The average molecular weight is 289 g/mol. The van der Waals surface area contributed by atoms with Gasteiger partial charge in [-0.15, -0.1) is 10.2 Å². The SMILES string of the molecule is NC(c1ccc(Cl)c(Br)c1)c1nn[nH]n1. The van der Waals surface area contributed by atoms with Gasteiger partial charge in [-0.2, -0.15) is 5.21 Å². The molecule has 78 valence electrons. The summed E-state index contributed by atoms with van der Waals surface area (Å²) in [5, 5.41) is 14.1. The minimum absolute atomic E-state index is 0.405. The maximum atomic E-state index is 5.93. The Bertz CT molecular complexity index is 458. The van der Waals surface area contributed by atoms with Crippen LogP contribution >= 0.6 is 27.5 Å². The predicted octanol–water partition coefficient (Wildman–Crippen LogP) is 1.66. The van der Waals surface area contributed by atoms with E-state index < -0.39 is 6.04 Å². The lowest BCUT2D eigenvalue weighted by molar-refractivity contribution is 0.784. The molecule has 1 unspecified atom stereocenters. The molecule has 0 saturated carbocycles. The number of hydrogen-bond donors (Lipinski definition) is 2. The highest BCUT2D eigenvalue weighted by Gasteiger charge is 2.14. The molecular formula is C8H7BrClN5. The number of H-pyrrole nitrogens is 1. The molecule has 0 aliphatic heterocycles. The molecule has 0 bridgehead atoms. The lowest BCUT2D eigenvalue weighted by atomic mass is 10.1. The van der Waals surface area contributed by atoms with E-state index in [0.29, 0.717) is 10.8 Å². The number of aromatic amines is 1. The molecule has 0 spiro atoms. The van der Waals surface area contributed by atoms with Crippen LogP contribution in [0.3, 0.4) is 0 Å². The zero-order valence-corrected chi connectivity index (χ0v) is 9.83. The molecule has 2 rings (SSSR count). The number of rotatable bonds is 2. The van der Waals surface area contributed by atoms with Crippen LogP contribution in [0.2, 0.25) is 5.02 Å². The van der Waals surface area contributed by atoms with E-state index in [1.54, 1.807) is 6.07 Å². The maximum Gasteiger partial charge on any atom is 0.195 e. The largest absolute Gasteiger partial charge is 0.318 e. The summed E-state index contributed by atoms with van der Waals surface area (Å²) in [6, 6.07) is 5.02. The molecule has 0 saturated heterocycles. The van der Waals surface area contributed by atoms with Crippen molar-refractivity contribution in [2.24, 2.45) is 5.73 Å². The Morgan fingerprint density at radius 1 is 1.47 bits per heavy atom. The summed E-state index contributed by atoms with van der Waals surface area (Å²) < 4.78 is 0.792. The van der Waals surface area contributed by atoms with Gasteiger partial charge in [-0.1, -0.05) is 22.9 Å². The first-order valence-electron chi connectivity index (χ1n) is 4.12. The van der Waals surface area contributed by atoms with Crippen molar-refractivity contribution in [2.75, 3.05) is 0 Å². The minimum atomic E-state index is -0.405. The molecule has 2 aromatic rings. The maximum absolute atomic E-state index is 5.93. The van der Waals surface area contributed by atoms with Crippen molar-refractivity contribution >= 4 is 27.5 Å². The van der Waals surface area contributed by atoms with Crippen LogP contribution in [0.25, 0.3) is 0 Å². The quantitative estimate of drug-likeness (QED) is 0.881. The Balaban J connectivity index is 2.34. The average Bonchev–Trinajstić information content (AvgIpc) is 2.74. The van der Waals surface area contributed by atoms with Gasteiger partial charge in [-0.25, -0.2) is 0 Å². The molecular weight excluding hydrogens is 281 g/mol. The highest BCUT2D eigenvalue weighted by molar-refractivity contribution is 9.10. The number of halogens is 2. The third-order valence-electron chi connectivity index (χ3n) is 1.94. The standard InChI is InChI=1S/C8H7BrClN5/c9-5-3-4(1-2-6(5)10)7(11)8-12-14-15-13-8/h1-3,7H,11H2,(H,12,13,14,15). The smallest absolute Gasteiger partial charge is 0.195 e. The number of hydrogen-bond acceptors (Lipinski definition) is 4. The van der Waals surface area contributed by atoms with Gasteiger partial charge in [0, 0.05) is 4.47 Å². The molecule has 15 heavy (non-hydrogen) atoms. The van der Waals surface area contributed by atoms with Crippen LogP contribution in [0.1, 0.15) is 17.4 Å². The summed E-state index contributed by atoms with van der Waals surface area (Å²) in [4.78, 5) is 0. The van der Waals surface area contributed by atoms with Gasteiger partial charge in [0.05, 0.1) is 11.1 Å². The van der Waals surface area contributed by atoms with Crippen molar-refractivity contribution in [2.45, 2.75) is 6.04 Å². The van der Waals surface area contributed by atoms with Crippen molar-refractivity contribution in [1.29, 1.82) is 0 Å². The fourth-order valence-corrected chi connectivity index (χ4v) is 1.67. The van der Waals surface area contributed by atoms with E-state index in [1.807, 2.05) is 12.1 Å². The number of nitrogens with one attached hydrogen (secondary N) is 1. The number of aromatic nitrogens is 4. The van der Waals surface area contributed by atoms with Crippen LogP contribution < -0.4 is 5.73 Å². The van der Waals surface area contributed by atoms with Crippen molar-refractivity contribution in [1.82, 2.24) is 20.6 Å². The normalized spacial score (nSPS) is 12.7. The van der Waals surface area contributed by atoms with Crippen LogP contribution in [0.4, 0.5) is 0 Å². The Hall–Kier alpha value is -0.980. The third kappa shape index (κ3) is 2.17. The van der Waals surface area contributed by atoms with Crippen molar-refractivity contribution < 1.29 is 0 Å². The lowest BCUT2D eigenvalue weighted by Crippen LogP contribution is -2.13. The molecule has 1 aromatic heterocycles. The summed E-state index contributed by atoms with van der Waals surface area (Å²) in [6.45, 7) is 0. The molecule has 1 atom stereocenters. The molecule has 0 amide bonds. The van der Waals surface area contributed by atoms with Crippen molar-refractivity contribution in [3.63, 3.8) is 0 Å². The van der Waals surface area contributed by atoms with Crippen molar-refractivity contribution in [3.05, 3.63) is 39.1 Å². The summed E-state index contributed by atoms with van der Waals surface area (Å²) in [5.74, 6) is 0.448. The first kappa shape index (κ1) is 10.5. The van der Waals surface area contributed by atoms with E-state index in [1.165, 1.54) is 0 Å². The van der Waals surface area contributed by atoms with Gasteiger partial charge in [0.25, 0.3) is 0 Å². The number of nitrogens with two attached hydrogens (primary N) is 1. The molecule has 0 fully saturated rings. The van der Waals surface area contributed by atoms with Crippen LogP contribution in [0, 0.1) is 0 Å². The Morgan fingerprint density at radius 2 is 2.27 bits per heavy atom. The van der Waals surface area contributed by atoms with Crippen LogP contribution in [-0.2, 0) is 0 Å². The van der Waals surface area contributed by atoms with E-state index in [9.17, 15) is 0 Å². The van der Waals surface area contributed by atoms with Gasteiger partial charge in [0.2, 0.25) is 0 Å². The van der Waals surface area contributed by atoms with Crippen LogP contribution in [-0.4, -0.2) is 20.6 Å². The zero-order chi connectivity index (χ0) is 10.8. The van der Waals surface area contributed by atoms with Gasteiger partial charge in [0.15, 0.2) is 5.82 Å². The number of benzene rings is 1. The number of nitrogens with zero attached hydrogens (tertiary/aromatic N) is 3. The van der Waals surface area contributed by atoms with E-state index in [0.717, 1.165) is 10.0 Å².